The smallest absolute Gasteiger partial charge is 0.272 e. The number of piperidine rings is 1. The van der Waals surface area contributed by atoms with Crippen molar-refractivity contribution in [2.75, 3.05) is 11.9 Å². The molecule has 1 atom stereocenters. The summed E-state index contributed by atoms with van der Waals surface area (Å²) in [7, 11) is 0. The highest BCUT2D eigenvalue weighted by Crippen LogP contribution is 2.25. The van der Waals surface area contributed by atoms with Crippen LogP contribution in [0.15, 0.2) is 54.9 Å². The van der Waals surface area contributed by atoms with E-state index >= 15 is 0 Å². The fraction of sp³-hybridized carbons (Fsp3) is 0.318. The van der Waals surface area contributed by atoms with Gasteiger partial charge in [0, 0.05) is 24.2 Å². The lowest BCUT2D eigenvalue weighted by molar-refractivity contribution is 0.0602. The molecule has 1 aromatic carbocycles. The van der Waals surface area contributed by atoms with E-state index in [9.17, 15) is 4.79 Å². The van der Waals surface area contributed by atoms with Gasteiger partial charge in [0.15, 0.2) is 0 Å². The first kappa shape index (κ1) is 17.5. The fourth-order valence-electron chi connectivity index (χ4n) is 3.79. The maximum absolute atomic E-state index is 12.8. The number of fused-ring (bicyclic) bond motifs is 1. The van der Waals surface area contributed by atoms with E-state index in [1.54, 1.807) is 12.4 Å². The lowest BCUT2D eigenvalue weighted by atomic mass is 9.99. The summed E-state index contributed by atoms with van der Waals surface area (Å²) in [4.78, 5) is 23.7. The number of pyridine rings is 2. The molecule has 0 aliphatic carbocycles. The topological polar surface area (TPSA) is 58.1 Å². The van der Waals surface area contributed by atoms with Crippen molar-refractivity contribution in [3.8, 4) is 0 Å². The zero-order valence-electron chi connectivity index (χ0n) is 15.6. The average Bonchev–Trinajstić information content (AvgIpc) is 2.74. The average molecular weight is 360 g/mol. The minimum Gasteiger partial charge on any atom is -0.352 e. The number of nitrogens with one attached hydrogen (secondary N) is 1. The van der Waals surface area contributed by atoms with Crippen LogP contribution in [-0.4, -0.2) is 33.4 Å². The molecule has 5 heteroatoms. The largest absolute Gasteiger partial charge is 0.352 e. The molecule has 1 amide bonds. The number of carbonyl (C=O) groups excluding carboxylic acids is 1. The molecular formula is C22H24N4O. The number of hydrogen-bond donors (Lipinski definition) is 1. The summed E-state index contributed by atoms with van der Waals surface area (Å²) in [6.07, 6.45) is 7.89. The van der Waals surface area contributed by atoms with Gasteiger partial charge < -0.3 is 10.2 Å². The van der Waals surface area contributed by atoms with E-state index in [0.717, 1.165) is 48.1 Å². The molecule has 1 unspecified atom stereocenters. The lowest BCUT2D eigenvalue weighted by Gasteiger charge is -2.35. The first-order chi connectivity index (χ1) is 13.3. The van der Waals surface area contributed by atoms with Gasteiger partial charge in [-0.2, -0.15) is 0 Å². The fourth-order valence-corrected chi connectivity index (χ4v) is 3.79. The van der Waals surface area contributed by atoms with Crippen LogP contribution in [0.4, 0.5) is 11.4 Å². The molecule has 1 aliphatic heterocycles. The number of nitrogens with zero attached hydrogens (tertiary/aromatic N) is 3. The van der Waals surface area contributed by atoms with Gasteiger partial charge in [-0.15, -0.1) is 0 Å². The molecule has 1 saturated heterocycles. The summed E-state index contributed by atoms with van der Waals surface area (Å²) in [5.74, 6) is 0.0416. The third-order valence-electron chi connectivity index (χ3n) is 5.25. The summed E-state index contributed by atoms with van der Waals surface area (Å²) in [6.45, 7) is 2.98. The molecule has 3 aromatic rings. The minimum atomic E-state index is 0.0416. The van der Waals surface area contributed by atoms with E-state index in [1.165, 1.54) is 6.42 Å². The zero-order valence-corrected chi connectivity index (χ0v) is 15.6. The van der Waals surface area contributed by atoms with E-state index in [1.807, 2.05) is 47.4 Å². The molecule has 0 spiro atoms. The Balaban J connectivity index is 1.53. The number of anilines is 2. The zero-order chi connectivity index (χ0) is 18.6. The van der Waals surface area contributed by atoms with Crippen molar-refractivity contribution in [3.63, 3.8) is 0 Å². The van der Waals surface area contributed by atoms with E-state index in [-0.39, 0.29) is 5.91 Å². The number of likely N-dealkylation sites (tertiary alicyclic amines) is 1. The molecule has 0 radical (unpaired) electrons. The Morgan fingerprint density at radius 1 is 1.15 bits per heavy atom. The number of hydrogen-bond acceptors (Lipinski definition) is 4. The Kier molecular flexibility index (Phi) is 5.01. The molecule has 0 bridgehead atoms. The number of amides is 1. The third kappa shape index (κ3) is 3.63. The highest BCUT2D eigenvalue weighted by atomic mass is 16.2. The summed E-state index contributed by atoms with van der Waals surface area (Å²) in [5, 5.41) is 4.44. The standard InChI is InChI=1S/C22H24N4O/c1-2-18-9-3-4-14-26(18)22(27)20-12-11-17(15-24-20)25-19-10-5-7-16-8-6-13-23-21(16)19/h5-8,10-13,15,18,25H,2-4,9,14H2,1H3. The molecule has 2 aromatic heterocycles. The molecular weight excluding hydrogens is 336 g/mol. The molecule has 3 heterocycles. The van der Waals surface area contributed by atoms with Crippen molar-refractivity contribution < 1.29 is 4.79 Å². The highest BCUT2D eigenvalue weighted by molar-refractivity contribution is 5.94. The van der Waals surface area contributed by atoms with Crippen LogP contribution < -0.4 is 5.32 Å². The van der Waals surface area contributed by atoms with E-state index in [0.29, 0.717) is 11.7 Å². The van der Waals surface area contributed by atoms with Crippen molar-refractivity contribution in [3.05, 3.63) is 60.6 Å². The molecule has 4 rings (SSSR count). The minimum absolute atomic E-state index is 0.0416. The molecule has 1 aliphatic rings. The number of rotatable bonds is 4. The van der Waals surface area contributed by atoms with E-state index in [4.69, 9.17) is 0 Å². The van der Waals surface area contributed by atoms with Gasteiger partial charge in [0.1, 0.15) is 5.69 Å². The molecule has 138 valence electrons. The van der Waals surface area contributed by atoms with Crippen LogP contribution in [0.1, 0.15) is 43.1 Å². The molecule has 5 nitrogen and oxygen atoms in total. The van der Waals surface area contributed by atoms with Crippen LogP contribution >= 0.6 is 0 Å². The van der Waals surface area contributed by atoms with Gasteiger partial charge in [-0.05, 0) is 49.9 Å². The van der Waals surface area contributed by atoms with Crippen LogP contribution in [0, 0.1) is 0 Å². The van der Waals surface area contributed by atoms with Gasteiger partial charge in [-0.3, -0.25) is 9.78 Å². The van der Waals surface area contributed by atoms with Crippen molar-refractivity contribution in [1.29, 1.82) is 0 Å². The first-order valence-corrected chi connectivity index (χ1v) is 9.64. The van der Waals surface area contributed by atoms with Crippen molar-refractivity contribution >= 4 is 28.2 Å². The van der Waals surface area contributed by atoms with Crippen molar-refractivity contribution in [2.24, 2.45) is 0 Å². The predicted molar refractivity (Wildman–Crippen MR) is 108 cm³/mol. The summed E-state index contributed by atoms with van der Waals surface area (Å²) >= 11 is 0. The normalized spacial score (nSPS) is 17.1. The number of aromatic nitrogens is 2. The maximum Gasteiger partial charge on any atom is 0.272 e. The van der Waals surface area contributed by atoms with Gasteiger partial charge in [-0.1, -0.05) is 25.1 Å². The van der Waals surface area contributed by atoms with Crippen molar-refractivity contribution in [1.82, 2.24) is 14.9 Å². The van der Waals surface area contributed by atoms with E-state index < -0.39 is 0 Å². The highest BCUT2D eigenvalue weighted by Gasteiger charge is 2.26. The molecule has 27 heavy (non-hydrogen) atoms. The monoisotopic (exact) mass is 360 g/mol. The second-order valence-electron chi connectivity index (χ2n) is 6.99. The second kappa shape index (κ2) is 7.74. The van der Waals surface area contributed by atoms with Crippen LogP contribution in [0.5, 0.6) is 0 Å². The summed E-state index contributed by atoms with van der Waals surface area (Å²) in [6, 6.07) is 14.1. The van der Waals surface area contributed by atoms with Crippen molar-refractivity contribution in [2.45, 2.75) is 38.6 Å². The third-order valence-corrected chi connectivity index (χ3v) is 5.25. The maximum atomic E-state index is 12.8. The SMILES string of the molecule is CCC1CCCCN1C(=O)c1ccc(Nc2cccc3cccnc23)cn1. The second-order valence-corrected chi connectivity index (χ2v) is 6.99. The number of para-hydroxylation sites is 1. The molecule has 1 fully saturated rings. The quantitative estimate of drug-likeness (QED) is 0.727. The Morgan fingerprint density at radius 2 is 2.04 bits per heavy atom. The Morgan fingerprint density at radius 3 is 2.85 bits per heavy atom. The van der Waals surface area contributed by atoms with Crippen LogP contribution in [0.3, 0.4) is 0 Å². The van der Waals surface area contributed by atoms with E-state index in [2.05, 4.69) is 22.2 Å². The summed E-state index contributed by atoms with van der Waals surface area (Å²) < 4.78 is 0. The Hall–Kier alpha value is -2.95. The molecule has 0 saturated carbocycles. The van der Waals surface area contributed by atoms with Gasteiger partial charge in [0.25, 0.3) is 5.91 Å². The Labute approximate surface area is 159 Å². The van der Waals surface area contributed by atoms with Gasteiger partial charge in [0.05, 0.1) is 23.1 Å². The summed E-state index contributed by atoms with van der Waals surface area (Å²) in [5.41, 5.74) is 3.20. The number of carbonyl (C=O) groups is 1. The van der Waals surface area contributed by atoms with Crippen LogP contribution in [0.2, 0.25) is 0 Å². The lowest BCUT2D eigenvalue weighted by Crippen LogP contribution is -2.43. The van der Waals surface area contributed by atoms with Crippen LogP contribution in [-0.2, 0) is 0 Å². The van der Waals surface area contributed by atoms with Gasteiger partial charge in [-0.25, -0.2) is 4.98 Å². The first-order valence-electron chi connectivity index (χ1n) is 9.64. The Bertz CT molecular complexity index is 933. The van der Waals surface area contributed by atoms with Gasteiger partial charge in [0.2, 0.25) is 0 Å². The van der Waals surface area contributed by atoms with Gasteiger partial charge >= 0.3 is 0 Å². The molecule has 1 N–H and O–H groups in total. The van der Waals surface area contributed by atoms with Crippen LogP contribution in [0.25, 0.3) is 10.9 Å². The number of benzene rings is 1. The predicted octanol–water partition coefficient (Wildman–Crippen LogP) is 4.78.